The van der Waals surface area contributed by atoms with Crippen molar-refractivity contribution < 1.29 is 9.59 Å². The molecule has 4 heteroatoms. The van der Waals surface area contributed by atoms with Crippen molar-refractivity contribution >= 4 is 11.8 Å². The Balaban J connectivity index is 2.57. The van der Waals surface area contributed by atoms with Crippen molar-refractivity contribution in [1.29, 1.82) is 0 Å². The van der Waals surface area contributed by atoms with Gasteiger partial charge in [0, 0.05) is 13.0 Å². The minimum atomic E-state index is -0.463. The molecule has 2 unspecified atom stereocenters. The van der Waals surface area contributed by atoms with E-state index in [9.17, 15) is 9.59 Å². The molecule has 2 N–H and O–H groups in total. The van der Waals surface area contributed by atoms with Crippen molar-refractivity contribution in [3.8, 4) is 0 Å². The van der Waals surface area contributed by atoms with Gasteiger partial charge in [-0.2, -0.15) is 0 Å². The molecular weight excluding hydrogens is 300 g/mol. The lowest BCUT2D eigenvalue weighted by atomic mass is 9.98. The smallest absolute Gasteiger partial charge is 0.243 e. The third-order valence-electron chi connectivity index (χ3n) is 4.41. The summed E-state index contributed by atoms with van der Waals surface area (Å²) >= 11 is 0. The Morgan fingerprint density at radius 3 is 2.33 bits per heavy atom. The van der Waals surface area contributed by atoms with Crippen LogP contribution in [0.1, 0.15) is 64.0 Å². The zero-order valence-electron chi connectivity index (χ0n) is 15.5. The maximum Gasteiger partial charge on any atom is 0.243 e. The Kier molecular flexibility index (Phi) is 9.13. The molecule has 1 rings (SSSR count). The minimum absolute atomic E-state index is 0.0285. The van der Waals surface area contributed by atoms with Gasteiger partial charge < -0.3 is 10.6 Å². The van der Waals surface area contributed by atoms with E-state index < -0.39 is 6.04 Å². The predicted octanol–water partition coefficient (Wildman–Crippen LogP) is 3.72. The fraction of sp³-hybridized carbons (Fsp3) is 0.600. The van der Waals surface area contributed by atoms with E-state index in [4.69, 9.17) is 0 Å². The molecule has 0 saturated carbocycles. The molecule has 0 aliphatic heterocycles. The van der Waals surface area contributed by atoms with E-state index in [1.54, 1.807) is 0 Å². The molecule has 2 amide bonds. The highest BCUT2D eigenvalue weighted by molar-refractivity contribution is 5.87. The summed E-state index contributed by atoms with van der Waals surface area (Å²) in [6, 6.07) is 7.62. The summed E-state index contributed by atoms with van der Waals surface area (Å²) in [5.41, 5.74) is 2.26. The van der Waals surface area contributed by atoms with E-state index in [0.717, 1.165) is 31.2 Å². The quantitative estimate of drug-likeness (QED) is 0.642. The third kappa shape index (κ3) is 7.16. The number of rotatable bonds is 10. The van der Waals surface area contributed by atoms with Crippen molar-refractivity contribution in [3.05, 3.63) is 35.4 Å². The van der Waals surface area contributed by atoms with Crippen LogP contribution in [0.25, 0.3) is 0 Å². The monoisotopic (exact) mass is 332 g/mol. The van der Waals surface area contributed by atoms with Gasteiger partial charge in [-0.15, -0.1) is 0 Å². The molecule has 0 saturated heterocycles. The Morgan fingerprint density at radius 1 is 1.08 bits per heavy atom. The van der Waals surface area contributed by atoms with Crippen LogP contribution >= 0.6 is 0 Å². The number of nitrogens with one attached hydrogen (secondary N) is 2. The second-order valence-corrected chi connectivity index (χ2v) is 6.59. The van der Waals surface area contributed by atoms with Gasteiger partial charge in [0.25, 0.3) is 0 Å². The molecule has 24 heavy (non-hydrogen) atoms. The normalized spacial score (nSPS) is 13.2. The van der Waals surface area contributed by atoms with Crippen molar-refractivity contribution in [3.63, 3.8) is 0 Å². The molecule has 0 fully saturated rings. The first-order valence-electron chi connectivity index (χ1n) is 9.10. The molecule has 1 aromatic rings. The second-order valence-electron chi connectivity index (χ2n) is 6.59. The number of carbonyl (C=O) groups excluding carboxylic acids is 2. The van der Waals surface area contributed by atoms with Gasteiger partial charge in [-0.05, 0) is 24.8 Å². The molecule has 0 radical (unpaired) electrons. The molecule has 0 aliphatic carbocycles. The summed E-state index contributed by atoms with van der Waals surface area (Å²) in [5, 5.41) is 5.87. The third-order valence-corrected chi connectivity index (χ3v) is 4.41. The molecule has 0 aromatic heterocycles. The lowest BCUT2D eigenvalue weighted by molar-refractivity contribution is -0.130. The lowest BCUT2D eigenvalue weighted by Gasteiger charge is -2.23. The van der Waals surface area contributed by atoms with Crippen molar-refractivity contribution in [2.45, 2.75) is 72.4 Å². The summed E-state index contributed by atoms with van der Waals surface area (Å²) in [5.74, 6) is -0.0221. The molecule has 1 aromatic carbocycles. The van der Waals surface area contributed by atoms with E-state index >= 15 is 0 Å². The Hall–Kier alpha value is -1.84. The highest BCUT2D eigenvalue weighted by Crippen LogP contribution is 2.10. The van der Waals surface area contributed by atoms with Crippen LogP contribution in [0.3, 0.4) is 0 Å². The number of aryl methyl sites for hydroxylation is 1. The van der Waals surface area contributed by atoms with Gasteiger partial charge in [0.2, 0.25) is 11.8 Å². The molecule has 0 heterocycles. The van der Waals surface area contributed by atoms with Crippen LogP contribution in [-0.4, -0.2) is 17.9 Å². The summed E-state index contributed by atoms with van der Waals surface area (Å²) in [6.07, 6.45) is 4.34. The zero-order valence-corrected chi connectivity index (χ0v) is 15.5. The van der Waals surface area contributed by atoms with E-state index in [1.165, 1.54) is 5.56 Å². The van der Waals surface area contributed by atoms with Crippen LogP contribution in [0.4, 0.5) is 0 Å². The minimum Gasteiger partial charge on any atom is -0.350 e. The topological polar surface area (TPSA) is 58.2 Å². The number of unbranched alkanes of at least 4 members (excludes halogenated alkanes) is 2. The number of hydrogen-bond donors (Lipinski definition) is 2. The SMILES string of the molecule is CCCCCC(=O)NC(C(=O)NCc1ccc(C)cc1)C(C)CC. The molecule has 0 bridgehead atoms. The molecule has 2 atom stereocenters. The van der Waals surface area contributed by atoms with Gasteiger partial charge >= 0.3 is 0 Å². The molecular formula is C20H32N2O2. The van der Waals surface area contributed by atoms with E-state index in [-0.39, 0.29) is 17.7 Å². The lowest BCUT2D eigenvalue weighted by Crippen LogP contribution is -2.50. The number of hydrogen-bond acceptors (Lipinski definition) is 2. The molecule has 0 spiro atoms. The first-order chi connectivity index (χ1) is 11.5. The summed E-state index contributed by atoms with van der Waals surface area (Å²) in [7, 11) is 0. The first kappa shape index (κ1) is 20.2. The van der Waals surface area contributed by atoms with Gasteiger partial charge in [0.1, 0.15) is 6.04 Å². The van der Waals surface area contributed by atoms with Crippen LogP contribution in [0, 0.1) is 12.8 Å². The standard InChI is InChI=1S/C20H32N2O2/c1-5-7-8-9-18(23)22-19(16(4)6-2)20(24)21-14-17-12-10-15(3)11-13-17/h10-13,16,19H,5-9,14H2,1-4H3,(H,21,24)(H,22,23). The number of carbonyl (C=O) groups is 2. The van der Waals surface area contributed by atoms with Gasteiger partial charge in [0.15, 0.2) is 0 Å². The zero-order chi connectivity index (χ0) is 17.9. The van der Waals surface area contributed by atoms with Crippen molar-refractivity contribution in [2.24, 2.45) is 5.92 Å². The van der Waals surface area contributed by atoms with Gasteiger partial charge in [-0.1, -0.05) is 69.9 Å². The predicted molar refractivity (Wildman–Crippen MR) is 98.6 cm³/mol. The average molecular weight is 332 g/mol. The van der Waals surface area contributed by atoms with Gasteiger partial charge in [-0.25, -0.2) is 0 Å². The molecule has 4 nitrogen and oxygen atoms in total. The maximum absolute atomic E-state index is 12.5. The highest BCUT2D eigenvalue weighted by Gasteiger charge is 2.25. The summed E-state index contributed by atoms with van der Waals surface area (Å²) in [4.78, 5) is 24.6. The van der Waals surface area contributed by atoms with E-state index in [0.29, 0.717) is 13.0 Å². The van der Waals surface area contributed by atoms with Crippen molar-refractivity contribution in [2.75, 3.05) is 0 Å². The van der Waals surface area contributed by atoms with Crippen molar-refractivity contribution in [1.82, 2.24) is 10.6 Å². The van der Waals surface area contributed by atoms with E-state index in [1.807, 2.05) is 45.0 Å². The highest BCUT2D eigenvalue weighted by atomic mass is 16.2. The van der Waals surface area contributed by atoms with E-state index in [2.05, 4.69) is 17.6 Å². The molecule has 134 valence electrons. The van der Waals surface area contributed by atoms with Crippen LogP contribution in [0.5, 0.6) is 0 Å². The van der Waals surface area contributed by atoms with Gasteiger partial charge in [-0.3, -0.25) is 9.59 Å². The number of amides is 2. The maximum atomic E-state index is 12.5. The first-order valence-corrected chi connectivity index (χ1v) is 9.10. The number of benzene rings is 1. The van der Waals surface area contributed by atoms with Crippen LogP contribution in [0.15, 0.2) is 24.3 Å². The van der Waals surface area contributed by atoms with Crippen LogP contribution in [0.2, 0.25) is 0 Å². The Labute approximate surface area is 146 Å². The summed E-state index contributed by atoms with van der Waals surface area (Å²) < 4.78 is 0. The Morgan fingerprint density at radius 2 is 1.75 bits per heavy atom. The molecule has 0 aliphatic rings. The average Bonchev–Trinajstić information content (AvgIpc) is 2.58. The van der Waals surface area contributed by atoms with Crippen LogP contribution < -0.4 is 10.6 Å². The fourth-order valence-electron chi connectivity index (χ4n) is 2.49. The Bertz CT molecular complexity index is 511. The van der Waals surface area contributed by atoms with Crippen LogP contribution in [-0.2, 0) is 16.1 Å². The largest absolute Gasteiger partial charge is 0.350 e. The fourth-order valence-corrected chi connectivity index (χ4v) is 2.49. The second kappa shape index (κ2) is 10.8. The van der Waals surface area contributed by atoms with Gasteiger partial charge in [0.05, 0.1) is 0 Å². The summed E-state index contributed by atoms with van der Waals surface area (Å²) in [6.45, 7) is 8.67.